The quantitative estimate of drug-likeness (QED) is 0.300. The summed E-state index contributed by atoms with van der Waals surface area (Å²) in [6.45, 7) is 4.12. The zero-order valence-electron chi connectivity index (χ0n) is 18.6. The molecule has 8 heteroatoms. The number of benzene rings is 2. The van der Waals surface area contributed by atoms with E-state index >= 15 is 0 Å². The fraction of sp³-hybridized carbons (Fsp3) is 0.435. The average Bonchev–Trinajstić information content (AvgIpc) is 2.79. The summed E-state index contributed by atoms with van der Waals surface area (Å²) >= 11 is 0. The Kier molecular flexibility index (Phi) is 10.0. The summed E-state index contributed by atoms with van der Waals surface area (Å²) in [6, 6.07) is 12.0. The van der Waals surface area contributed by atoms with Gasteiger partial charge in [-0.05, 0) is 19.4 Å². The Morgan fingerprint density at radius 2 is 1.81 bits per heavy atom. The molecule has 31 heavy (non-hydrogen) atoms. The van der Waals surface area contributed by atoms with E-state index in [0.29, 0.717) is 25.3 Å². The Balaban J connectivity index is 0.00000341. The van der Waals surface area contributed by atoms with Gasteiger partial charge >= 0.3 is 0 Å². The van der Waals surface area contributed by atoms with Gasteiger partial charge in [0.05, 0.1) is 34.0 Å². The van der Waals surface area contributed by atoms with E-state index in [1.54, 1.807) is 21.3 Å². The lowest BCUT2D eigenvalue weighted by Crippen LogP contribution is -2.41. The molecule has 2 aromatic rings. The minimum atomic E-state index is 0. The van der Waals surface area contributed by atoms with Gasteiger partial charge in [-0.15, -0.1) is 24.0 Å². The Hall–Kier alpha value is -2.36. The van der Waals surface area contributed by atoms with E-state index in [2.05, 4.69) is 23.6 Å². The first kappa shape index (κ1) is 24.9. The lowest BCUT2D eigenvalue weighted by molar-refractivity contribution is 0.261. The molecule has 0 spiro atoms. The fourth-order valence-corrected chi connectivity index (χ4v) is 3.58. The van der Waals surface area contributed by atoms with Crippen LogP contribution >= 0.6 is 24.0 Å². The Morgan fingerprint density at radius 3 is 2.45 bits per heavy atom. The number of nitrogens with zero attached hydrogens (tertiary/aromatic N) is 1. The average molecular weight is 541 g/mol. The molecule has 1 unspecified atom stereocenters. The number of aliphatic imine (C=N–C) groups is 1. The summed E-state index contributed by atoms with van der Waals surface area (Å²) in [4.78, 5) is 4.78. The lowest BCUT2D eigenvalue weighted by Gasteiger charge is -2.28. The predicted octanol–water partition coefficient (Wildman–Crippen LogP) is 3.95. The first-order valence-corrected chi connectivity index (χ1v) is 10.3. The van der Waals surface area contributed by atoms with Crippen LogP contribution in [0.4, 0.5) is 0 Å². The number of hydrogen-bond donors (Lipinski definition) is 2. The minimum absolute atomic E-state index is 0. The van der Waals surface area contributed by atoms with Crippen LogP contribution in [0.1, 0.15) is 30.5 Å². The lowest BCUT2D eigenvalue weighted by atomic mass is 10.0. The Labute approximate surface area is 201 Å². The number of halogens is 1. The summed E-state index contributed by atoms with van der Waals surface area (Å²) in [5.41, 5.74) is 2.13. The normalized spacial score (nSPS) is 15.1. The summed E-state index contributed by atoms with van der Waals surface area (Å²) < 4.78 is 22.2. The molecule has 0 fully saturated rings. The van der Waals surface area contributed by atoms with E-state index in [1.807, 2.05) is 30.3 Å². The molecule has 0 radical (unpaired) electrons. The van der Waals surface area contributed by atoms with Gasteiger partial charge in [0.2, 0.25) is 0 Å². The zero-order valence-corrected chi connectivity index (χ0v) is 20.9. The maximum Gasteiger partial charge on any atom is 0.191 e. The van der Waals surface area contributed by atoms with Crippen molar-refractivity contribution >= 4 is 29.9 Å². The van der Waals surface area contributed by atoms with Crippen LogP contribution in [0, 0.1) is 0 Å². The Bertz CT molecular complexity index is 851. The van der Waals surface area contributed by atoms with Crippen molar-refractivity contribution in [3.8, 4) is 23.0 Å². The Morgan fingerprint density at radius 1 is 1.10 bits per heavy atom. The number of hydrogen-bond acceptors (Lipinski definition) is 5. The molecule has 1 aliphatic rings. The van der Waals surface area contributed by atoms with Crippen molar-refractivity contribution in [2.75, 3.05) is 41.0 Å². The van der Waals surface area contributed by atoms with Crippen LogP contribution in [0.25, 0.3) is 0 Å². The van der Waals surface area contributed by atoms with Crippen LogP contribution in [-0.2, 0) is 6.42 Å². The molecule has 2 aromatic carbocycles. The standard InChI is InChI=1S/C23H31N3O4.HI/c1-5-24-23(26-19-11-13-30-20-9-7-6-8-17(19)20)25-12-10-18-21(28-3)14-16(27-2)15-22(18)29-4;/h6-9,14-15,19H,5,10-13H2,1-4H3,(H2,24,25,26);1H. The number of guanidine groups is 1. The van der Waals surface area contributed by atoms with Crippen molar-refractivity contribution in [1.82, 2.24) is 10.6 Å². The monoisotopic (exact) mass is 541 g/mol. The van der Waals surface area contributed by atoms with Crippen molar-refractivity contribution in [3.63, 3.8) is 0 Å². The maximum atomic E-state index is 5.77. The van der Waals surface area contributed by atoms with Crippen molar-refractivity contribution < 1.29 is 18.9 Å². The summed E-state index contributed by atoms with van der Waals surface area (Å²) in [6.07, 6.45) is 1.57. The molecule has 0 aromatic heterocycles. The molecule has 0 bridgehead atoms. The molecule has 7 nitrogen and oxygen atoms in total. The number of methoxy groups -OCH3 is 3. The third-order valence-corrected chi connectivity index (χ3v) is 5.06. The van der Waals surface area contributed by atoms with Crippen LogP contribution < -0.4 is 29.6 Å². The van der Waals surface area contributed by atoms with E-state index in [4.69, 9.17) is 23.9 Å². The van der Waals surface area contributed by atoms with Gasteiger partial charge in [-0.2, -0.15) is 0 Å². The van der Waals surface area contributed by atoms with Gasteiger partial charge in [0.15, 0.2) is 5.96 Å². The van der Waals surface area contributed by atoms with Crippen LogP contribution in [-0.4, -0.2) is 47.0 Å². The first-order chi connectivity index (χ1) is 14.7. The van der Waals surface area contributed by atoms with Gasteiger partial charge in [0, 0.05) is 42.8 Å². The summed E-state index contributed by atoms with van der Waals surface area (Å²) in [5.74, 6) is 3.88. The van der Waals surface area contributed by atoms with Gasteiger partial charge in [0.1, 0.15) is 23.0 Å². The third-order valence-electron chi connectivity index (χ3n) is 5.06. The second-order valence-electron chi connectivity index (χ2n) is 6.89. The second-order valence-corrected chi connectivity index (χ2v) is 6.89. The highest BCUT2D eigenvalue weighted by Crippen LogP contribution is 2.34. The highest BCUT2D eigenvalue weighted by molar-refractivity contribution is 14.0. The fourth-order valence-electron chi connectivity index (χ4n) is 3.58. The predicted molar refractivity (Wildman–Crippen MR) is 134 cm³/mol. The molecule has 0 aliphatic carbocycles. The molecule has 1 heterocycles. The number of ether oxygens (including phenoxy) is 4. The van der Waals surface area contributed by atoms with Crippen molar-refractivity contribution in [1.29, 1.82) is 0 Å². The number of rotatable bonds is 8. The van der Waals surface area contributed by atoms with Gasteiger partial charge in [0.25, 0.3) is 0 Å². The minimum Gasteiger partial charge on any atom is -0.496 e. The van der Waals surface area contributed by atoms with E-state index in [1.165, 1.54) is 0 Å². The highest BCUT2D eigenvalue weighted by atomic mass is 127. The van der Waals surface area contributed by atoms with Crippen molar-refractivity contribution in [2.24, 2.45) is 4.99 Å². The summed E-state index contributed by atoms with van der Waals surface area (Å²) in [7, 11) is 4.92. The molecule has 0 amide bonds. The topological polar surface area (TPSA) is 73.3 Å². The van der Waals surface area contributed by atoms with Gasteiger partial charge in [-0.25, -0.2) is 0 Å². The van der Waals surface area contributed by atoms with E-state index < -0.39 is 0 Å². The second kappa shape index (κ2) is 12.5. The number of fused-ring (bicyclic) bond motifs is 1. The molecule has 170 valence electrons. The van der Waals surface area contributed by atoms with E-state index in [9.17, 15) is 0 Å². The van der Waals surface area contributed by atoms with Gasteiger partial charge in [-0.1, -0.05) is 18.2 Å². The number of para-hydroxylation sites is 1. The molecule has 1 aliphatic heterocycles. The van der Waals surface area contributed by atoms with Crippen LogP contribution in [0.3, 0.4) is 0 Å². The van der Waals surface area contributed by atoms with Crippen molar-refractivity contribution in [2.45, 2.75) is 25.8 Å². The van der Waals surface area contributed by atoms with Crippen LogP contribution in [0.5, 0.6) is 23.0 Å². The van der Waals surface area contributed by atoms with E-state index in [0.717, 1.165) is 47.3 Å². The van der Waals surface area contributed by atoms with Gasteiger partial charge in [-0.3, -0.25) is 4.99 Å². The smallest absolute Gasteiger partial charge is 0.191 e. The van der Waals surface area contributed by atoms with Crippen LogP contribution in [0.15, 0.2) is 41.4 Å². The summed E-state index contributed by atoms with van der Waals surface area (Å²) in [5, 5.41) is 6.89. The number of nitrogens with one attached hydrogen (secondary N) is 2. The zero-order chi connectivity index (χ0) is 21.3. The molecular weight excluding hydrogens is 509 g/mol. The first-order valence-electron chi connectivity index (χ1n) is 10.3. The molecular formula is C23H32IN3O4. The van der Waals surface area contributed by atoms with E-state index in [-0.39, 0.29) is 30.0 Å². The molecule has 0 saturated heterocycles. The largest absolute Gasteiger partial charge is 0.496 e. The molecule has 2 N–H and O–H groups in total. The highest BCUT2D eigenvalue weighted by Gasteiger charge is 2.22. The SMILES string of the molecule is CCNC(=NCCc1c(OC)cc(OC)cc1OC)NC1CCOc2ccccc21.I. The van der Waals surface area contributed by atoms with Gasteiger partial charge < -0.3 is 29.6 Å². The maximum absolute atomic E-state index is 5.77. The molecule has 3 rings (SSSR count). The third kappa shape index (κ3) is 6.32. The molecule has 0 saturated carbocycles. The molecule has 1 atom stereocenters. The van der Waals surface area contributed by atoms with Crippen LogP contribution in [0.2, 0.25) is 0 Å². The van der Waals surface area contributed by atoms with Crippen molar-refractivity contribution in [3.05, 3.63) is 47.5 Å².